The van der Waals surface area contributed by atoms with Crippen LogP contribution in [0.5, 0.6) is 0 Å². The van der Waals surface area contributed by atoms with Crippen LogP contribution in [-0.4, -0.2) is 5.91 Å². The second-order valence-corrected chi connectivity index (χ2v) is 3.33. The quantitative estimate of drug-likeness (QED) is 0.614. The van der Waals surface area contributed by atoms with Crippen LogP contribution < -0.4 is 5.48 Å². The van der Waals surface area contributed by atoms with Gasteiger partial charge in [-0.15, -0.1) is 4.91 Å². The Bertz CT molecular complexity index is 391. The SMILES string of the molecule is CCC(=O)NOCc1c(C)cccc1N=O. The summed E-state index contributed by atoms with van der Waals surface area (Å²) in [5.74, 6) is -0.200. The molecule has 0 fully saturated rings. The van der Waals surface area contributed by atoms with E-state index in [1.165, 1.54) is 0 Å². The van der Waals surface area contributed by atoms with Crippen LogP contribution in [0.3, 0.4) is 0 Å². The Labute approximate surface area is 93.7 Å². The molecule has 1 N–H and O–H groups in total. The van der Waals surface area contributed by atoms with E-state index in [1.54, 1.807) is 19.1 Å². The predicted octanol–water partition coefficient (Wildman–Crippen LogP) is 2.35. The molecular weight excluding hydrogens is 208 g/mol. The number of carbonyl (C=O) groups is 1. The molecule has 0 bridgehead atoms. The number of nitrogens with one attached hydrogen (secondary N) is 1. The van der Waals surface area contributed by atoms with E-state index in [0.717, 1.165) is 5.56 Å². The Balaban J connectivity index is 2.65. The lowest BCUT2D eigenvalue weighted by molar-refractivity contribution is -0.134. The zero-order valence-electron chi connectivity index (χ0n) is 9.32. The summed E-state index contributed by atoms with van der Waals surface area (Å²) in [5, 5.41) is 2.91. The van der Waals surface area contributed by atoms with Gasteiger partial charge in [0.25, 0.3) is 0 Å². The van der Waals surface area contributed by atoms with Gasteiger partial charge in [0.15, 0.2) is 0 Å². The monoisotopic (exact) mass is 222 g/mol. The number of carbonyl (C=O) groups excluding carboxylic acids is 1. The van der Waals surface area contributed by atoms with Gasteiger partial charge in [-0.05, 0) is 23.7 Å². The van der Waals surface area contributed by atoms with Crippen molar-refractivity contribution in [1.82, 2.24) is 5.48 Å². The van der Waals surface area contributed by atoms with E-state index in [4.69, 9.17) is 4.84 Å². The summed E-state index contributed by atoms with van der Waals surface area (Å²) in [5.41, 5.74) is 4.21. The van der Waals surface area contributed by atoms with Crippen molar-refractivity contribution in [1.29, 1.82) is 0 Å². The first-order valence-electron chi connectivity index (χ1n) is 5.01. The first-order chi connectivity index (χ1) is 7.69. The fourth-order valence-corrected chi connectivity index (χ4v) is 1.22. The number of aryl methyl sites for hydroxylation is 1. The third-order valence-electron chi connectivity index (χ3n) is 2.21. The molecule has 0 aliphatic heterocycles. The summed E-state index contributed by atoms with van der Waals surface area (Å²) < 4.78 is 0. The lowest BCUT2D eigenvalue weighted by atomic mass is 10.1. The van der Waals surface area contributed by atoms with Crippen molar-refractivity contribution in [3.05, 3.63) is 34.2 Å². The second-order valence-electron chi connectivity index (χ2n) is 3.33. The Hall–Kier alpha value is -1.75. The topological polar surface area (TPSA) is 67.8 Å². The highest BCUT2D eigenvalue weighted by molar-refractivity contribution is 5.74. The molecular formula is C11H14N2O3. The molecule has 0 unspecified atom stereocenters. The fourth-order valence-electron chi connectivity index (χ4n) is 1.22. The van der Waals surface area contributed by atoms with Crippen LogP contribution >= 0.6 is 0 Å². The van der Waals surface area contributed by atoms with Crippen molar-refractivity contribution >= 4 is 11.6 Å². The van der Waals surface area contributed by atoms with E-state index < -0.39 is 0 Å². The zero-order chi connectivity index (χ0) is 12.0. The van der Waals surface area contributed by atoms with Gasteiger partial charge in [0, 0.05) is 12.0 Å². The molecule has 86 valence electrons. The lowest BCUT2D eigenvalue weighted by Crippen LogP contribution is -2.22. The minimum Gasteiger partial charge on any atom is -0.273 e. The van der Waals surface area contributed by atoms with Crippen LogP contribution in [0.4, 0.5) is 5.69 Å². The molecule has 1 aromatic rings. The normalized spacial score (nSPS) is 9.88. The van der Waals surface area contributed by atoms with E-state index in [-0.39, 0.29) is 12.5 Å². The summed E-state index contributed by atoms with van der Waals surface area (Å²) in [4.78, 5) is 26.5. The lowest BCUT2D eigenvalue weighted by Gasteiger charge is -2.08. The van der Waals surface area contributed by atoms with Gasteiger partial charge < -0.3 is 0 Å². The fraction of sp³-hybridized carbons (Fsp3) is 0.364. The first-order valence-corrected chi connectivity index (χ1v) is 5.01. The highest BCUT2D eigenvalue weighted by Crippen LogP contribution is 2.22. The van der Waals surface area contributed by atoms with Gasteiger partial charge in [-0.25, -0.2) is 5.48 Å². The molecule has 0 aliphatic carbocycles. The Morgan fingerprint density at radius 2 is 2.25 bits per heavy atom. The molecule has 1 aromatic carbocycles. The molecule has 5 heteroatoms. The predicted molar refractivity (Wildman–Crippen MR) is 59.9 cm³/mol. The molecule has 0 saturated heterocycles. The number of hydrogen-bond acceptors (Lipinski definition) is 4. The molecule has 0 aliphatic rings. The molecule has 0 saturated carbocycles. The third-order valence-corrected chi connectivity index (χ3v) is 2.21. The van der Waals surface area contributed by atoms with Gasteiger partial charge in [0.1, 0.15) is 12.3 Å². The highest BCUT2D eigenvalue weighted by Gasteiger charge is 2.06. The van der Waals surface area contributed by atoms with Crippen molar-refractivity contribution in [2.45, 2.75) is 26.9 Å². The smallest absolute Gasteiger partial charge is 0.243 e. The minimum atomic E-state index is -0.200. The summed E-state index contributed by atoms with van der Waals surface area (Å²) in [6.07, 6.45) is 0.354. The number of nitrogens with zero attached hydrogens (tertiary/aromatic N) is 1. The number of amides is 1. The van der Waals surface area contributed by atoms with Gasteiger partial charge in [0.2, 0.25) is 5.91 Å². The van der Waals surface area contributed by atoms with E-state index in [9.17, 15) is 9.70 Å². The molecule has 1 rings (SSSR count). The van der Waals surface area contributed by atoms with E-state index in [2.05, 4.69) is 10.7 Å². The molecule has 0 aromatic heterocycles. The average Bonchev–Trinajstić information content (AvgIpc) is 2.30. The summed E-state index contributed by atoms with van der Waals surface area (Å²) in [6.45, 7) is 3.72. The Morgan fingerprint density at radius 3 is 2.88 bits per heavy atom. The summed E-state index contributed by atoms with van der Waals surface area (Å²) in [6, 6.07) is 5.22. The Morgan fingerprint density at radius 1 is 1.50 bits per heavy atom. The molecule has 0 heterocycles. The number of hydroxylamine groups is 1. The van der Waals surface area contributed by atoms with Crippen molar-refractivity contribution < 1.29 is 9.63 Å². The van der Waals surface area contributed by atoms with Crippen LogP contribution in [0.25, 0.3) is 0 Å². The number of nitroso groups, excluding NO2 is 1. The maximum atomic E-state index is 10.9. The van der Waals surface area contributed by atoms with Crippen molar-refractivity contribution in [2.75, 3.05) is 0 Å². The van der Waals surface area contributed by atoms with Gasteiger partial charge in [-0.2, -0.15) is 0 Å². The maximum absolute atomic E-state index is 10.9. The first kappa shape index (κ1) is 12.3. The highest BCUT2D eigenvalue weighted by atomic mass is 16.6. The summed E-state index contributed by atoms with van der Waals surface area (Å²) >= 11 is 0. The molecule has 0 spiro atoms. The number of benzene rings is 1. The standard InChI is InChI=1S/C11H14N2O3/c1-3-11(14)13-16-7-9-8(2)5-4-6-10(9)12-15/h4-6H,3,7H2,1-2H3,(H,13,14). The van der Waals surface area contributed by atoms with E-state index in [1.807, 2.05) is 13.0 Å². The minimum absolute atomic E-state index is 0.138. The number of hydrogen-bond donors (Lipinski definition) is 1. The molecule has 5 nitrogen and oxygen atoms in total. The van der Waals surface area contributed by atoms with E-state index >= 15 is 0 Å². The van der Waals surface area contributed by atoms with Crippen LogP contribution in [0.1, 0.15) is 24.5 Å². The zero-order valence-corrected chi connectivity index (χ0v) is 9.32. The van der Waals surface area contributed by atoms with Crippen molar-refractivity contribution in [3.8, 4) is 0 Å². The Kier molecular flexibility index (Phi) is 4.60. The average molecular weight is 222 g/mol. The van der Waals surface area contributed by atoms with Gasteiger partial charge in [-0.1, -0.05) is 19.1 Å². The third kappa shape index (κ3) is 3.13. The van der Waals surface area contributed by atoms with Crippen molar-refractivity contribution in [2.24, 2.45) is 5.18 Å². The van der Waals surface area contributed by atoms with E-state index in [0.29, 0.717) is 17.7 Å². The molecule has 1 amide bonds. The summed E-state index contributed by atoms with van der Waals surface area (Å²) in [7, 11) is 0. The number of rotatable bonds is 5. The second kappa shape index (κ2) is 5.97. The van der Waals surface area contributed by atoms with Gasteiger partial charge in [-0.3, -0.25) is 9.63 Å². The van der Waals surface area contributed by atoms with Crippen LogP contribution in [0, 0.1) is 11.8 Å². The van der Waals surface area contributed by atoms with Gasteiger partial charge >= 0.3 is 0 Å². The van der Waals surface area contributed by atoms with Crippen molar-refractivity contribution in [3.63, 3.8) is 0 Å². The van der Waals surface area contributed by atoms with Crippen LogP contribution in [-0.2, 0) is 16.2 Å². The molecule has 0 radical (unpaired) electrons. The molecule has 0 atom stereocenters. The van der Waals surface area contributed by atoms with Crippen LogP contribution in [0.15, 0.2) is 23.4 Å². The van der Waals surface area contributed by atoms with Crippen LogP contribution in [0.2, 0.25) is 0 Å². The largest absolute Gasteiger partial charge is 0.273 e. The maximum Gasteiger partial charge on any atom is 0.243 e. The molecule has 16 heavy (non-hydrogen) atoms. The van der Waals surface area contributed by atoms with Gasteiger partial charge in [0.05, 0.1) is 0 Å².